The number of rotatable bonds is 7. The SMILES string of the molecule is C[C@@H](Oc1ccc2[nH]nc(-c3cnc(N4CC(N)(CC(C)(C)O)C4)c(F)c3)c2c1)c1c(Cl)cncc1Cl. The van der Waals surface area contributed by atoms with Gasteiger partial charge in [0.1, 0.15) is 17.5 Å². The van der Waals surface area contributed by atoms with Crippen LogP contribution in [0, 0.1) is 5.82 Å². The molecule has 4 heterocycles. The van der Waals surface area contributed by atoms with Gasteiger partial charge in [0.2, 0.25) is 0 Å². The molecule has 1 aliphatic rings. The Morgan fingerprint density at radius 3 is 2.57 bits per heavy atom. The first kappa shape index (κ1) is 25.7. The molecule has 11 heteroatoms. The number of halogens is 3. The van der Waals surface area contributed by atoms with E-state index in [2.05, 4.69) is 20.2 Å². The van der Waals surface area contributed by atoms with Crippen LogP contribution in [-0.2, 0) is 0 Å². The molecule has 0 bridgehead atoms. The zero-order chi connectivity index (χ0) is 26.5. The number of nitrogens with two attached hydrogens (primary N) is 1. The second kappa shape index (κ2) is 9.40. The third-order valence-corrected chi connectivity index (χ3v) is 6.94. The van der Waals surface area contributed by atoms with Crippen molar-refractivity contribution in [2.45, 2.75) is 44.4 Å². The number of benzene rings is 1. The van der Waals surface area contributed by atoms with Gasteiger partial charge in [-0.3, -0.25) is 10.1 Å². The highest BCUT2D eigenvalue weighted by Gasteiger charge is 2.44. The van der Waals surface area contributed by atoms with Crippen LogP contribution in [0.2, 0.25) is 10.0 Å². The molecule has 1 fully saturated rings. The predicted molar refractivity (Wildman–Crippen MR) is 143 cm³/mol. The number of H-pyrrole nitrogens is 1. The van der Waals surface area contributed by atoms with Crippen LogP contribution in [0.4, 0.5) is 10.2 Å². The molecule has 4 N–H and O–H groups in total. The van der Waals surface area contributed by atoms with E-state index in [1.165, 1.54) is 18.5 Å². The van der Waals surface area contributed by atoms with Gasteiger partial charge in [-0.2, -0.15) is 5.10 Å². The van der Waals surface area contributed by atoms with E-state index in [0.29, 0.717) is 52.1 Å². The number of aromatic nitrogens is 4. The second-order valence-electron chi connectivity index (χ2n) is 10.3. The predicted octanol–water partition coefficient (Wildman–Crippen LogP) is 5.28. The molecule has 1 saturated heterocycles. The van der Waals surface area contributed by atoms with Crippen molar-refractivity contribution in [1.82, 2.24) is 20.2 Å². The molecule has 0 spiro atoms. The van der Waals surface area contributed by atoms with Crippen molar-refractivity contribution in [3.8, 4) is 17.0 Å². The quantitative estimate of drug-likeness (QED) is 0.290. The number of hydrogen-bond donors (Lipinski definition) is 3. The largest absolute Gasteiger partial charge is 0.486 e. The normalized spacial score (nSPS) is 16.1. The highest BCUT2D eigenvalue weighted by molar-refractivity contribution is 6.35. The summed E-state index contributed by atoms with van der Waals surface area (Å²) in [4.78, 5) is 10.1. The van der Waals surface area contributed by atoms with Gasteiger partial charge in [0.05, 0.1) is 26.7 Å². The van der Waals surface area contributed by atoms with Gasteiger partial charge in [-0.15, -0.1) is 0 Å². The van der Waals surface area contributed by atoms with Crippen molar-refractivity contribution in [2.24, 2.45) is 5.73 Å². The lowest BCUT2D eigenvalue weighted by atomic mass is 9.81. The number of ether oxygens (including phenoxy) is 1. The van der Waals surface area contributed by atoms with Gasteiger partial charge in [0.25, 0.3) is 0 Å². The zero-order valence-electron chi connectivity index (χ0n) is 20.6. The molecule has 0 amide bonds. The van der Waals surface area contributed by atoms with Gasteiger partial charge in [-0.25, -0.2) is 9.37 Å². The Kier molecular flexibility index (Phi) is 6.52. The van der Waals surface area contributed by atoms with Crippen LogP contribution in [-0.4, -0.2) is 49.5 Å². The van der Waals surface area contributed by atoms with Crippen LogP contribution >= 0.6 is 23.2 Å². The van der Waals surface area contributed by atoms with Gasteiger partial charge in [0.15, 0.2) is 11.6 Å². The Bertz CT molecular complexity index is 1450. The molecule has 1 aromatic carbocycles. The van der Waals surface area contributed by atoms with E-state index in [0.717, 1.165) is 10.9 Å². The molecule has 3 aromatic heterocycles. The smallest absolute Gasteiger partial charge is 0.166 e. The van der Waals surface area contributed by atoms with E-state index in [1.807, 2.05) is 25.1 Å². The minimum Gasteiger partial charge on any atom is -0.486 e. The summed E-state index contributed by atoms with van der Waals surface area (Å²) < 4.78 is 21.2. The molecular formula is C26H27Cl2FN6O2. The lowest BCUT2D eigenvalue weighted by Crippen LogP contribution is -2.69. The summed E-state index contributed by atoms with van der Waals surface area (Å²) in [6, 6.07) is 6.89. The lowest BCUT2D eigenvalue weighted by Gasteiger charge is -2.50. The first-order chi connectivity index (χ1) is 17.4. The number of aromatic amines is 1. The third-order valence-electron chi connectivity index (χ3n) is 6.33. The summed E-state index contributed by atoms with van der Waals surface area (Å²) in [5, 5.41) is 19.0. The summed E-state index contributed by atoms with van der Waals surface area (Å²) in [5.74, 6) is 0.328. The van der Waals surface area contributed by atoms with Crippen LogP contribution in [0.3, 0.4) is 0 Å². The molecule has 5 rings (SSSR count). The highest BCUT2D eigenvalue weighted by atomic mass is 35.5. The van der Waals surface area contributed by atoms with E-state index in [-0.39, 0.29) is 5.82 Å². The number of fused-ring (bicyclic) bond motifs is 1. The summed E-state index contributed by atoms with van der Waals surface area (Å²) in [6.45, 7) is 6.10. The molecule has 0 radical (unpaired) electrons. The fourth-order valence-electron chi connectivity index (χ4n) is 4.99. The number of aliphatic hydroxyl groups is 1. The molecule has 8 nitrogen and oxygen atoms in total. The maximum absolute atomic E-state index is 15.1. The molecule has 1 aliphatic heterocycles. The first-order valence-corrected chi connectivity index (χ1v) is 12.5. The molecule has 37 heavy (non-hydrogen) atoms. The van der Waals surface area contributed by atoms with E-state index in [4.69, 9.17) is 33.7 Å². The van der Waals surface area contributed by atoms with Crippen molar-refractivity contribution in [2.75, 3.05) is 18.0 Å². The molecule has 0 aliphatic carbocycles. The van der Waals surface area contributed by atoms with Crippen LogP contribution < -0.4 is 15.4 Å². The van der Waals surface area contributed by atoms with Crippen LogP contribution in [0.25, 0.3) is 22.2 Å². The molecule has 194 valence electrons. The van der Waals surface area contributed by atoms with E-state index in [1.54, 1.807) is 24.9 Å². The maximum atomic E-state index is 15.1. The summed E-state index contributed by atoms with van der Waals surface area (Å²) in [7, 11) is 0. The van der Waals surface area contributed by atoms with Crippen molar-refractivity contribution >= 4 is 39.9 Å². The minimum absolute atomic E-state index is 0.226. The lowest BCUT2D eigenvalue weighted by molar-refractivity contribution is 0.0384. The number of nitrogens with zero attached hydrogens (tertiary/aromatic N) is 4. The van der Waals surface area contributed by atoms with Gasteiger partial charge >= 0.3 is 0 Å². The van der Waals surface area contributed by atoms with Crippen LogP contribution in [0.1, 0.15) is 38.9 Å². The average Bonchev–Trinajstić information content (AvgIpc) is 3.19. The van der Waals surface area contributed by atoms with Crippen molar-refractivity contribution in [3.63, 3.8) is 0 Å². The highest BCUT2D eigenvalue weighted by Crippen LogP contribution is 2.36. The Morgan fingerprint density at radius 1 is 1.22 bits per heavy atom. The van der Waals surface area contributed by atoms with E-state index in [9.17, 15) is 5.11 Å². The van der Waals surface area contributed by atoms with Crippen LogP contribution in [0.5, 0.6) is 5.75 Å². The Balaban J connectivity index is 1.37. The topological polar surface area (TPSA) is 113 Å². The monoisotopic (exact) mass is 544 g/mol. The minimum atomic E-state index is -0.894. The first-order valence-electron chi connectivity index (χ1n) is 11.8. The van der Waals surface area contributed by atoms with Gasteiger partial charge in [0, 0.05) is 48.2 Å². The molecule has 0 unspecified atom stereocenters. The van der Waals surface area contributed by atoms with Crippen LogP contribution in [0.15, 0.2) is 42.9 Å². The molecular weight excluding hydrogens is 518 g/mol. The number of nitrogens with one attached hydrogen (secondary N) is 1. The standard InChI is InChI=1S/C26H27Cl2FN6O2/c1-14(22-18(27)9-31-10-19(22)28)37-16-4-5-21-17(7-16)23(34-33-21)15-6-20(29)24(32-8-15)35-12-26(30,13-35)11-25(2,3)36/h4-10,14,36H,11-13,30H2,1-3H3,(H,33,34)/t14-/m1/s1. The maximum Gasteiger partial charge on any atom is 0.166 e. The van der Waals surface area contributed by atoms with Crippen molar-refractivity contribution < 1.29 is 14.2 Å². The second-order valence-corrected chi connectivity index (χ2v) is 11.1. The third kappa shape index (κ3) is 5.22. The number of anilines is 1. The van der Waals surface area contributed by atoms with E-state index < -0.39 is 23.1 Å². The molecule has 1 atom stereocenters. The van der Waals surface area contributed by atoms with Gasteiger partial charge < -0.3 is 20.5 Å². The number of pyridine rings is 2. The summed E-state index contributed by atoms with van der Waals surface area (Å²) >= 11 is 12.6. The van der Waals surface area contributed by atoms with Crippen molar-refractivity contribution in [1.29, 1.82) is 0 Å². The average molecular weight is 545 g/mol. The van der Waals surface area contributed by atoms with Gasteiger partial charge in [-0.05, 0) is 51.5 Å². The Labute approximate surface area is 223 Å². The van der Waals surface area contributed by atoms with Gasteiger partial charge in [-0.1, -0.05) is 23.2 Å². The fourth-order valence-corrected chi connectivity index (χ4v) is 5.66. The van der Waals surface area contributed by atoms with Crippen molar-refractivity contribution in [3.05, 3.63) is 64.3 Å². The Hall–Kier alpha value is -2.98. The molecule has 0 saturated carbocycles. The molecule has 4 aromatic rings. The van der Waals surface area contributed by atoms with E-state index >= 15 is 4.39 Å². The zero-order valence-corrected chi connectivity index (χ0v) is 22.1. The number of hydrogen-bond acceptors (Lipinski definition) is 7. The summed E-state index contributed by atoms with van der Waals surface area (Å²) in [5.41, 5.74) is 7.34. The Morgan fingerprint density at radius 2 is 1.92 bits per heavy atom. The summed E-state index contributed by atoms with van der Waals surface area (Å²) in [6.07, 6.45) is 4.61. The fraction of sp³-hybridized carbons (Fsp3) is 0.346.